The van der Waals surface area contributed by atoms with Gasteiger partial charge in [-0.25, -0.2) is 4.98 Å². The summed E-state index contributed by atoms with van der Waals surface area (Å²) in [5.41, 5.74) is 8.77. The Kier molecular flexibility index (Phi) is 4.12. The first kappa shape index (κ1) is 13.9. The number of methoxy groups -OCH3 is 1. The molecule has 0 saturated carbocycles. The maximum Gasteiger partial charge on any atom is 0.128 e. The third-order valence-electron chi connectivity index (χ3n) is 2.50. The number of thiazole rings is 1. The van der Waals surface area contributed by atoms with Gasteiger partial charge in [-0.05, 0) is 38.1 Å². The van der Waals surface area contributed by atoms with Gasteiger partial charge in [-0.1, -0.05) is 28.5 Å². The normalized spacial score (nSPS) is 10.3. The van der Waals surface area contributed by atoms with Gasteiger partial charge in [0, 0.05) is 10.6 Å². The molecule has 0 aliphatic heterocycles. The maximum atomic E-state index is 6.05. The van der Waals surface area contributed by atoms with Crippen LogP contribution >= 0.6 is 22.9 Å². The summed E-state index contributed by atoms with van der Waals surface area (Å²) in [5, 5.41) is 2.18. The molecule has 0 unspecified atom stereocenters. The van der Waals surface area contributed by atoms with Gasteiger partial charge in [-0.2, -0.15) is 0 Å². The highest BCUT2D eigenvalue weighted by atomic mass is 35.5. The average molecular weight is 295 g/mol. The van der Waals surface area contributed by atoms with E-state index in [1.165, 1.54) is 16.9 Å². The van der Waals surface area contributed by atoms with Crippen LogP contribution in [0.2, 0.25) is 5.02 Å². The Morgan fingerprint density at radius 1 is 1.42 bits per heavy atom. The first-order chi connectivity index (χ1) is 9.01. The topological polar surface area (TPSA) is 48.1 Å². The number of aromatic nitrogens is 1. The molecule has 0 saturated heterocycles. The summed E-state index contributed by atoms with van der Waals surface area (Å²) < 4.78 is 5.34. The first-order valence-corrected chi connectivity index (χ1v) is 6.96. The average Bonchev–Trinajstić information content (AvgIpc) is 2.69. The van der Waals surface area contributed by atoms with Crippen LogP contribution in [0.5, 0.6) is 5.75 Å². The van der Waals surface area contributed by atoms with Crippen molar-refractivity contribution in [3.05, 3.63) is 33.8 Å². The van der Waals surface area contributed by atoms with Gasteiger partial charge < -0.3 is 10.5 Å². The molecule has 19 heavy (non-hydrogen) atoms. The predicted molar refractivity (Wildman–Crippen MR) is 82.8 cm³/mol. The van der Waals surface area contributed by atoms with E-state index in [9.17, 15) is 0 Å². The highest BCUT2D eigenvalue weighted by Crippen LogP contribution is 2.38. The lowest BCUT2D eigenvalue weighted by Crippen LogP contribution is -1.91. The van der Waals surface area contributed by atoms with E-state index < -0.39 is 0 Å². The van der Waals surface area contributed by atoms with Gasteiger partial charge >= 0.3 is 0 Å². The molecule has 0 aliphatic carbocycles. The summed E-state index contributed by atoms with van der Waals surface area (Å²) >= 11 is 7.49. The minimum absolute atomic E-state index is 0.631. The van der Waals surface area contributed by atoms with Gasteiger partial charge in [0.05, 0.1) is 7.11 Å². The van der Waals surface area contributed by atoms with Gasteiger partial charge in [0.1, 0.15) is 21.5 Å². The quantitative estimate of drug-likeness (QED) is 0.908. The Morgan fingerprint density at radius 2 is 2.16 bits per heavy atom. The summed E-state index contributed by atoms with van der Waals surface area (Å²) in [6, 6.07) is 5.42. The van der Waals surface area contributed by atoms with Crippen molar-refractivity contribution in [2.75, 3.05) is 12.8 Å². The number of anilines is 1. The van der Waals surface area contributed by atoms with Crippen molar-refractivity contribution in [2.45, 2.75) is 13.8 Å². The lowest BCUT2D eigenvalue weighted by Gasteiger charge is -2.07. The van der Waals surface area contributed by atoms with Crippen molar-refractivity contribution in [2.24, 2.45) is 0 Å². The number of benzene rings is 1. The summed E-state index contributed by atoms with van der Waals surface area (Å²) in [5.74, 6) is 0.713. The van der Waals surface area contributed by atoms with E-state index in [4.69, 9.17) is 22.1 Å². The Balaban J connectivity index is 2.55. The lowest BCUT2D eigenvalue weighted by molar-refractivity contribution is 0.416. The number of halogens is 1. The fourth-order valence-electron chi connectivity index (χ4n) is 1.72. The van der Waals surface area contributed by atoms with Crippen molar-refractivity contribution in [1.29, 1.82) is 0 Å². The number of nitrogens with zero attached hydrogens (tertiary/aromatic N) is 1. The highest BCUT2D eigenvalue weighted by molar-refractivity contribution is 7.16. The Hall–Kier alpha value is -1.52. The molecule has 0 bridgehead atoms. The molecule has 2 aromatic rings. The second-order valence-corrected chi connectivity index (χ2v) is 5.83. The number of hydrogen-bond donors (Lipinski definition) is 1. The molecule has 3 nitrogen and oxygen atoms in total. The molecule has 0 amide bonds. The van der Waals surface area contributed by atoms with Crippen LogP contribution < -0.4 is 10.5 Å². The van der Waals surface area contributed by atoms with E-state index in [2.05, 4.69) is 4.98 Å². The molecule has 1 aromatic carbocycles. The standard InChI is InChI=1S/C14H15ClN2OS/c1-8(2)6-12-17-13(14(16)19-12)10-7-9(15)4-5-11(10)18-3/h4-7H,16H2,1-3H3. The summed E-state index contributed by atoms with van der Waals surface area (Å²) in [6.07, 6.45) is 2.00. The Bertz CT molecular complexity index is 630. The van der Waals surface area contributed by atoms with Crippen LogP contribution in [0.1, 0.15) is 18.9 Å². The molecule has 5 heteroatoms. The molecule has 2 N–H and O–H groups in total. The SMILES string of the molecule is COc1ccc(Cl)cc1-c1nc(C=C(C)C)sc1N. The lowest BCUT2D eigenvalue weighted by atomic mass is 10.1. The maximum absolute atomic E-state index is 6.05. The van der Waals surface area contributed by atoms with Gasteiger partial charge in [-0.3, -0.25) is 0 Å². The third-order valence-corrected chi connectivity index (χ3v) is 3.57. The largest absolute Gasteiger partial charge is 0.496 e. The van der Waals surface area contributed by atoms with Crippen LogP contribution in [0, 0.1) is 0 Å². The van der Waals surface area contributed by atoms with Crippen molar-refractivity contribution in [3.8, 4) is 17.0 Å². The number of nitrogens with two attached hydrogens (primary N) is 1. The van der Waals surface area contributed by atoms with Crippen molar-refractivity contribution >= 4 is 34.0 Å². The van der Waals surface area contributed by atoms with E-state index in [0.29, 0.717) is 15.8 Å². The zero-order chi connectivity index (χ0) is 14.0. The minimum atomic E-state index is 0.631. The van der Waals surface area contributed by atoms with Gasteiger partial charge in [0.15, 0.2) is 0 Å². The number of nitrogen functional groups attached to an aromatic ring is 1. The third kappa shape index (κ3) is 3.08. The van der Waals surface area contributed by atoms with Gasteiger partial charge in [0.25, 0.3) is 0 Å². The van der Waals surface area contributed by atoms with E-state index in [0.717, 1.165) is 16.3 Å². The molecular weight excluding hydrogens is 280 g/mol. The summed E-state index contributed by atoms with van der Waals surface area (Å²) in [7, 11) is 1.62. The minimum Gasteiger partial charge on any atom is -0.496 e. The number of ether oxygens (including phenoxy) is 1. The van der Waals surface area contributed by atoms with Crippen molar-refractivity contribution in [1.82, 2.24) is 4.98 Å². The van der Waals surface area contributed by atoms with Crippen LogP contribution in [0.25, 0.3) is 17.3 Å². The molecular formula is C14H15ClN2OS. The van der Waals surface area contributed by atoms with E-state index in [1.807, 2.05) is 32.1 Å². The van der Waals surface area contributed by atoms with Crippen LogP contribution in [0.4, 0.5) is 5.00 Å². The van der Waals surface area contributed by atoms with Crippen LogP contribution in [-0.4, -0.2) is 12.1 Å². The first-order valence-electron chi connectivity index (χ1n) is 5.76. The number of rotatable bonds is 3. The van der Waals surface area contributed by atoms with Crippen LogP contribution in [0.15, 0.2) is 23.8 Å². The molecule has 2 rings (SSSR count). The van der Waals surface area contributed by atoms with E-state index in [1.54, 1.807) is 13.2 Å². The van der Waals surface area contributed by atoms with Gasteiger partial charge in [0.2, 0.25) is 0 Å². The number of hydrogen-bond acceptors (Lipinski definition) is 4. The fraction of sp³-hybridized carbons (Fsp3) is 0.214. The molecule has 0 radical (unpaired) electrons. The molecule has 0 fully saturated rings. The molecule has 100 valence electrons. The highest BCUT2D eigenvalue weighted by Gasteiger charge is 2.14. The zero-order valence-corrected chi connectivity index (χ0v) is 12.6. The predicted octanol–water partition coefficient (Wildman–Crippen LogP) is 4.48. The molecule has 0 spiro atoms. The molecule has 1 aromatic heterocycles. The zero-order valence-electron chi connectivity index (χ0n) is 11.0. The van der Waals surface area contributed by atoms with Gasteiger partial charge in [-0.15, -0.1) is 0 Å². The summed E-state index contributed by atoms with van der Waals surface area (Å²) in [4.78, 5) is 4.55. The van der Waals surface area contributed by atoms with Crippen LogP contribution in [-0.2, 0) is 0 Å². The summed E-state index contributed by atoms with van der Waals surface area (Å²) in [6.45, 7) is 4.05. The van der Waals surface area contributed by atoms with Crippen molar-refractivity contribution < 1.29 is 4.74 Å². The second kappa shape index (κ2) is 5.63. The van der Waals surface area contributed by atoms with E-state index in [-0.39, 0.29) is 0 Å². The number of allylic oxidation sites excluding steroid dienone is 1. The molecule has 0 atom stereocenters. The fourth-order valence-corrected chi connectivity index (χ4v) is 2.80. The second-order valence-electron chi connectivity index (χ2n) is 4.33. The molecule has 0 aliphatic rings. The monoisotopic (exact) mass is 294 g/mol. The van der Waals surface area contributed by atoms with Crippen LogP contribution in [0.3, 0.4) is 0 Å². The van der Waals surface area contributed by atoms with E-state index >= 15 is 0 Å². The Morgan fingerprint density at radius 3 is 2.79 bits per heavy atom. The Labute approximate surface area is 121 Å². The molecule has 1 heterocycles. The van der Waals surface area contributed by atoms with Crippen molar-refractivity contribution in [3.63, 3.8) is 0 Å². The smallest absolute Gasteiger partial charge is 0.128 e.